The van der Waals surface area contributed by atoms with Crippen molar-refractivity contribution in [1.29, 1.82) is 0 Å². The van der Waals surface area contributed by atoms with E-state index in [1.807, 2.05) is 18.2 Å². The van der Waals surface area contributed by atoms with Crippen LogP contribution in [0.25, 0.3) is 6.08 Å². The van der Waals surface area contributed by atoms with Gasteiger partial charge in [0.25, 0.3) is 11.1 Å². The number of nitrogens with two attached hydrogens (primary N) is 1. The van der Waals surface area contributed by atoms with Gasteiger partial charge in [0.05, 0.1) is 15.6 Å². The van der Waals surface area contributed by atoms with Crippen molar-refractivity contribution in [2.75, 3.05) is 18.0 Å². The third kappa shape index (κ3) is 4.01. The molecule has 1 aromatic rings. The molecule has 2 amide bonds. The third-order valence-corrected chi connectivity index (χ3v) is 4.84. The zero-order valence-electron chi connectivity index (χ0n) is 12.3. The predicted molar refractivity (Wildman–Crippen MR) is 97.2 cm³/mol. The minimum absolute atomic E-state index is 0. The summed E-state index contributed by atoms with van der Waals surface area (Å²) in [5, 5.41) is 2.53. The number of hydrogen-bond acceptors (Lipinski definition) is 5. The summed E-state index contributed by atoms with van der Waals surface area (Å²) >= 11 is 7.28. The van der Waals surface area contributed by atoms with Gasteiger partial charge in [-0.1, -0.05) is 23.7 Å². The molecule has 2 heterocycles. The van der Waals surface area contributed by atoms with Gasteiger partial charge in [0.1, 0.15) is 0 Å². The van der Waals surface area contributed by atoms with E-state index in [4.69, 9.17) is 17.3 Å². The van der Waals surface area contributed by atoms with Gasteiger partial charge in [-0.05, 0) is 36.7 Å². The van der Waals surface area contributed by atoms with Gasteiger partial charge in [0.2, 0.25) is 0 Å². The van der Waals surface area contributed by atoms with Crippen LogP contribution in [0.1, 0.15) is 18.4 Å². The van der Waals surface area contributed by atoms with Crippen LogP contribution in [0.3, 0.4) is 0 Å². The highest BCUT2D eigenvalue weighted by molar-refractivity contribution is 8.18. The van der Waals surface area contributed by atoms with Crippen LogP contribution in [-0.2, 0) is 4.79 Å². The van der Waals surface area contributed by atoms with Gasteiger partial charge in [0, 0.05) is 24.7 Å². The smallest absolute Gasteiger partial charge is 0.290 e. The normalized spacial score (nSPS) is 23.0. The highest BCUT2D eigenvalue weighted by Gasteiger charge is 2.26. The van der Waals surface area contributed by atoms with E-state index in [2.05, 4.69) is 10.2 Å². The number of carbonyl (C=O) groups excluding carboxylic acids is 2. The van der Waals surface area contributed by atoms with Crippen LogP contribution >= 0.6 is 35.8 Å². The molecule has 5 nitrogen and oxygen atoms in total. The Morgan fingerprint density at radius 3 is 2.83 bits per heavy atom. The molecule has 0 aromatic heterocycles. The summed E-state index contributed by atoms with van der Waals surface area (Å²) in [4.78, 5) is 25.6. The Hall–Kier alpha value is -1.21. The van der Waals surface area contributed by atoms with E-state index < -0.39 is 0 Å². The fourth-order valence-corrected chi connectivity index (χ4v) is 3.73. The first-order chi connectivity index (χ1) is 10.5. The number of piperidine rings is 1. The maximum atomic E-state index is 11.7. The second-order valence-electron chi connectivity index (χ2n) is 5.38. The number of halogens is 2. The second-order valence-corrected chi connectivity index (χ2v) is 6.80. The molecule has 2 aliphatic rings. The molecule has 0 spiro atoms. The number of imide groups is 1. The number of nitrogens with zero attached hydrogens (tertiary/aromatic N) is 1. The number of benzene rings is 1. The van der Waals surface area contributed by atoms with Crippen molar-refractivity contribution < 1.29 is 9.59 Å². The minimum Gasteiger partial charge on any atom is -0.368 e. The molecule has 0 radical (unpaired) electrons. The maximum Gasteiger partial charge on any atom is 0.290 e. The number of amides is 2. The average molecular weight is 374 g/mol. The van der Waals surface area contributed by atoms with Crippen LogP contribution in [0.4, 0.5) is 10.5 Å². The Bertz CT molecular complexity index is 666. The molecule has 2 aliphatic heterocycles. The van der Waals surface area contributed by atoms with Gasteiger partial charge >= 0.3 is 0 Å². The van der Waals surface area contributed by atoms with Crippen molar-refractivity contribution in [2.24, 2.45) is 5.73 Å². The third-order valence-electron chi connectivity index (χ3n) is 3.72. The van der Waals surface area contributed by atoms with Crippen molar-refractivity contribution in [3.8, 4) is 0 Å². The van der Waals surface area contributed by atoms with Gasteiger partial charge in [-0.3, -0.25) is 14.9 Å². The van der Waals surface area contributed by atoms with Crippen molar-refractivity contribution in [1.82, 2.24) is 5.32 Å². The number of hydrogen-bond donors (Lipinski definition) is 2. The SMILES string of the molecule is Cl.N[C@@H]1CCCN(c2c(Cl)cccc2/C=C2\SC(=O)NC2=O)C1. The van der Waals surface area contributed by atoms with Crippen LogP contribution in [0, 0.1) is 0 Å². The Balaban J connectivity index is 0.00000192. The minimum atomic E-state index is -0.365. The summed E-state index contributed by atoms with van der Waals surface area (Å²) < 4.78 is 0. The summed E-state index contributed by atoms with van der Waals surface area (Å²) in [6.45, 7) is 1.62. The lowest BCUT2D eigenvalue weighted by atomic mass is 10.0. The molecule has 3 rings (SSSR count). The largest absolute Gasteiger partial charge is 0.368 e. The quantitative estimate of drug-likeness (QED) is 0.779. The molecule has 2 fully saturated rings. The van der Waals surface area contributed by atoms with Crippen molar-refractivity contribution in [3.05, 3.63) is 33.7 Å². The van der Waals surface area contributed by atoms with E-state index in [-0.39, 0.29) is 29.6 Å². The summed E-state index contributed by atoms with van der Waals surface area (Å²) in [5.41, 5.74) is 7.76. The van der Waals surface area contributed by atoms with E-state index in [1.165, 1.54) is 0 Å². The predicted octanol–water partition coefficient (Wildman–Crippen LogP) is 3.01. The number of nitrogens with one attached hydrogen (secondary N) is 1. The Labute approximate surface area is 150 Å². The van der Waals surface area contributed by atoms with E-state index in [0.717, 1.165) is 48.9 Å². The zero-order chi connectivity index (χ0) is 15.7. The molecule has 1 atom stereocenters. The van der Waals surface area contributed by atoms with Crippen LogP contribution in [0.2, 0.25) is 5.02 Å². The number of para-hydroxylation sites is 1. The highest BCUT2D eigenvalue weighted by Crippen LogP contribution is 2.35. The molecular formula is C15H17Cl2N3O2S. The van der Waals surface area contributed by atoms with Crippen molar-refractivity contribution in [2.45, 2.75) is 18.9 Å². The molecule has 0 unspecified atom stereocenters. The van der Waals surface area contributed by atoms with Crippen LogP contribution in [-0.4, -0.2) is 30.3 Å². The van der Waals surface area contributed by atoms with Gasteiger partial charge in [-0.15, -0.1) is 12.4 Å². The number of carbonyl (C=O) groups is 2. The lowest BCUT2D eigenvalue weighted by Gasteiger charge is -2.34. The molecule has 8 heteroatoms. The van der Waals surface area contributed by atoms with Gasteiger partial charge in [-0.25, -0.2) is 0 Å². The summed E-state index contributed by atoms with van der Waals surface area (Å²) in [6.07, 6.45) is 3.73. The first-order valence-corrected chi connectivity index (χ1v) is 8.28. The van der Waals surface area contributed by atoms with Crippen LogP contribution in [0.5, 0.6) is 0 Å². The number of rotatable bonds is 2. The van der Waals surface area contributed by atoms with E-state index in [9.17, 15) is 9.59 Å². The van der Waals surface area contributed by atoms with Crippen LogP contribution < -0.4 is 16.0 Å². The Kier molecular flexibility index (Phi) is 5.97. The standard InChI is InChI=1S/C15H16ClN3O2S.ClH/c16-11-5-1-3-9(7-12-14(20)18-15(21)22-12)13(11)19-6-2-4-10(17)8-19;/h1,3,5,7,10H,2,4,6,8,17H2,(H,18,20,21);1H/b12-7-;/t10-;/m1./s1. The molecule has 0 saturated carbocycles. The summed E-state index contributed by atoms with van der Waals surface area (Å²) in [7, 11) is 0. The summed E-state index contributed by atoms with van der Waals surface area (Å²) in [6, 6.07) is 5.68. The molecule has 3 N–H and O–H groups in total. The van der Waals surface area contributed by atoms with Gasteiger partial charge in [-0.2, -0.15) is 0 Å². The second kappa shape index (κ2) is 7.57. The van der Waals surface area contributed by atoms with Crippen molar-refractivity contribution in [3.63, 3.8) is 0 Å². The molecule has 1 aromatic carbocycles. The number of anilines is 1. The first-order valence-electron chi connectivity index (χ1n) is 7.08. The molecule has 0 aliphatic carbocycles. The van der Waals surface area contributed by atoms with E-state index in [1.54, 1.807) is 6.08 Å². The lowest BCUT2D eigenvalue weighted by molar-refractivity contribution is -0.115. The van der Waals surface area contributed by atoms with Crippen LogP contribution in [0.15, 0.2) is 23.1 Å². The lowest BCUT2D eigenvalue weighted by Crippen LogP contribution is -2.43. The average Bonchev–Trinajstić information content (AvgIpc) is 2.77. The zero-order valence-corrected chi connectivity index (χ0v) is 14.6. The number of thioether (sulfide) groups is 1. The van der Waals surface area contributed by atoms with E-state index >= 15 is 0 Å². The molecule has 23 heavy (non-hydrogen) atoms. The first kappa shape index (κ1) is 18.1. The topological polar surface area (TPSA) is 75.4 Å². The monoisotopic (exact) mass is 373 g/mol. The fourth-order valence-electron chi connectivity index (χ4n) is 2.76. The van der Waals surface area contributed by atoms with Gasteiger partial charge < -0.3 is 10.6 Å². The molecule has 2 saturated heterocycles. The Morgan fingerprint density at radius 2 is 2.17 bits per heavy atom. The molecule has 0 bridgehead atoms. The maximum absolute atomic E-state index is 11.7. The molecular weight excluding hydrogens is 357 g/mol. The fraction of sp³-hybridized carbons (Fsp3) is 0.333. The van der Waals surface area contributed by atoms with E-state index in [0.29, 0.717) is 9.93 Å². The molecule has 124 valence electrons. The summed E-state index contributed by atoms with van der Waals surface area (Å²) in [5.74, 6) is -0.365. The van der Waals surface area contributed by atoms with Crippen molar-refractivity contribution >= 4 is 58.7 Å². The highest BCUT2D eigenvalue weighted by atomic mass is 35.5. The Morgan fingerprint density at radius 1 is 1.39 bits per heavy atom. The van der Waals surface area contributed by atoms with Gasteiger partial charge in [0.15, 0.2) is 0 Å².